The average Bonchev–Trinajstić information content (AvgIpc) is 2.43. The summed E-state index contributed by atoms with van der Waals surface area (Å²) < 4.78 is 5.67. The number of para-hydroxylation sites is 1. The van der Waals surface area contributed by atoms with Crippen LogP contribution in [0.2, 0.25) is 0 Å². The average molecular weight is 271 g/mol. The molecule has 0 aliphatic rings. The molecule has 0 radical (unpaired) electrons. The molecule has 0 amide bonds. The van der Waals surface area contributed by atoms with Crippen molar-refractivity contribution in [2.24, 2.45) is 0 Å². The van der Waals surface area contributed by atoms with Crippen molar-refractivity contribution >= 4 is 5.69 Å². The zero-order valence-corrected chi connectivity index (χ0v) is 12.2. The van der Waals surface area contributed by atoms with E-state index in [4.69, 9.17) is 4.74 Å². The summed E-state index contributed by atoms with van der Waals surface area (Å²) in [5.74, 6) is 1.20. The minimum atomic E-state index is 0.126. The lowest BCUT2D eigenvalue weighted by Crippen LogP contribution is -2.09. The van der Waals surface area contributed by atoms with E-state index < -0.39 is 0 Å². The van der Waals surface area contributed by atoms with Gasteiger partial charge in [-0.05, 0) is 50.6 Å². The molecule has 2 aromatic rings. The van der Waals surface area contributed by atoms with E-state index in [-0.39, 0.29) is 11.8 Å². The van der Waals surface area contributed by atoms with E-state index in [2.05, 4.69) is 18.3 Å². The van der Waals surface area contributed by atoms with Gasteiger partial charge in [0.25, 0.3) is 0 Å². The molecule has 20 heavy (non-hydrogen) atoms. The summed E-state index contributed by atoms with van der Waals surface area (Å²) >= 11 is 0. The van der Waals surface area contributed by atoms with Crippen LogP contribution in [-0.2, 0) is 0 Å². The van der Waals surface area contributed by atoms with E-state index in [1.165, 1.54) is 0 Å². The number of aromatic hydroxyl groups is 1. The Morgan fingerprint density at radius 3 is 2.65 bits per heavy atom. The number of hydrogen-bond acceptors (Lipinski definition) is 3. The van der Waals surface area contributed by atoms with Crippen molar-refractivity contribution in [1.82, 2.24) is 0 Å². The van der Waals surface area contributed by atoms with Gasteiger partial charge in [-0.1, -0.05) is 18.2 Å². The minimum absolute atomic E-state index is 0.126. The van der Waals surface area contributed by atoms with Crippen LogP contribution in [0.4, 0.5) is 5.69 Å². The summed E-state index contributed by atoms with van der Waals surface area (Å²) in [5.41, 5.74) is 3.16. The van der Waals surface area contributed by atoms with Crippen LogP contribution in [0.3, 0.4) is 0 Å². The lowest BCUT2D eigenvalue weighted by atomic mass is 10.1. The van der Waals surface area contributed by atoms with E-state index in [9.17, 15) is 5.11 Å². The Bertz CT molecular complexity index is 581. The molecule has 106 valence electrons. The van der Waals surface area contributed by atoms with Gasteiger partial charge in [-0.25, -0.2) is 0 Å². The fraction of sp³-hybridized carbons (Fsp3) is 0.294. The van der Waals surface area contributed by atoms with Crippen LogP contribution < -0.4 is 10.1 Å². The van der Waals surface area contributed by atoms with E-state index in [1.807, 2.05) is 38.1 Å². The first-order valence-corrected chi connectivity index (χ1v) is 6.89. The molecule has 0 saturated carbocycles. The summed E-state index contributed by atoms with van der Waals surface area (Å²) in [6.45, 7) is 6.72. The molecule has 0 spiro atoms. The molecule has 0 heterocycles. The molecule has 1 unspecified atom stereocenters. The van der Waals surface area contributed by atoms with Crippen molar-refractivity contribution in [1.29, 1.82) is 0 Å². The summed E-state index contributed by atoms with van der Waals surface area (Å²) in [6, 6.07) is 13.5. The van der Waals surface area contributed by atoms with E-state index >= 15 is 0 Å². The SMILES string of the molecule is CCOc1ccccc1C(C)Nc1ccc(O)cc1C. The largest absolute Gasteiger partial charge is 0.508 e. The molecule has 0 bridgehead atoms. The maximum atomic E-state index is 9.45. The molecule has 0 aliphatic carbocycles. The lowest BCUT2D eigenvalue weighted by Gasteiger charge is -2.20. The molecule has 0 fully saturated rings. The van der Waals surface area contributed by atoms with Gasteiger partial charge < -0.3 is 15.2 Å². The van der Waals surface area contributed by atoms with Crippen molar-refractivity contribution in [3.05, 3.63) is 53.6 Å². The first-order valence-electron chi connectivity index (χ1n) is 6.89. The van der Waals surface area contributed by atoms with Crippen molar-refractivity contribution in [3.8, 4) is 11.5 Å². The molecule has 1 atom stereocenters. The number of phenolic OH excluding ortho intramolecular Hbond substituents is 1. The van der Waals surface area contributed by atoms with Crippen LogP contribution >= 0.6 is 0 Å². The number of nitrogens with one attached hydrogen (secondary N) is 1. The second kappa shape index (κ2) is 6.33. The molecular weight excluding hydrogens is 250 g/mol. The van der Waals surface area contributed by atoms with Gasteiger partial charge in [-0.2, -0.15) is 0 Å². The summed E-state index contributed by atoms with van der Waals surface area (Å²) in [5, 5.41) is 12.9. The third-order valence-electron chi connectivity index (χ3n) is 3.27. The number of rotatable bonds is 5. The topological polar surface area (TPSA) is 41.5 Å². The Kier molecular flexibility index (Phi) is 4.51. The second-order valence-corrected chi connectivity index (χ2v) is 4.84. The van der Waals surface area contributed by atoms with E-state index in [0.717, 1.165) is 22.6 Å². The maximum Gasteiger partial charge on any atom is 0.124 e. The fourth-order valence-electron chi connectivity index (χ4n) is 2.25. The predicted molar refractivity (Wildman–Crippen MR) is 82.5 cm³/mol. The van der Waals surface area contributed by atoms with Gasteiger partial charge in [0.15, 0.2) is 0 Å². The molecule has 2 N–H and O–H groups in total. The summed E-state index contributed by atoms with van der Waals surface area (Å²) in [7, 11) is 0. The Hall–Kier alpha value is -2.16. The van der Waals surface area contributed by atoms with Gasteiger partial charge in [-0.15, -0.1) is 0 Å². The zero-order chi connectivity index (χ0) is 14.5. The van der Waals surface area contributed by atoms with Crippen LogP contribution in [0.5, 0.6) is 11.5 Å². The monoisotopic (exact) mass is 271 g/mol. The highest BCUT2D eigenvalue weighted by molar-refractivity contribution is 5.55. The van der Waals surface area contributed by atoms with Crippen molar-refractivity contribution < 1.29 is 9.84 Å². The van der Waals surface area contributed by atoms with Crippen molar-refractivity contribution in [2.75, 3.05) is 11.9 Å². The lowest BCUT2D eigenvalue weighted by molar-refractivity contribution is 0.335. The van der Waals surface area contributed by atoms with Gasteiger partial charge >= 0.3 is 0 Å². The van der Waals surface area contributed by atoms with Gasteiger partial charge in [0, 0.05) is 11.3 Å². The highest BCUT2D eigenvalue weighted by Crippen LogP contribution is 2.29. The van der Waals surface area contributed by atoms with Crippen LogP contribution in [0.25, 0.3) is 0 Å². The van der Waals surface area contributed by atoms with E-state index in [0.29, 0.717) is 6.61 Å². The second-order valence-electron chi connectivity index (χ2n) is 4.84. The fourth-order valence-corrected chi connectivity index (χ4v) is 2.25. The zero-order valence-electron chi connectivity index (χ0n) is 12.2. The highest BCUT2D eigenvalue weighted by Gasteiger charge is 2.12. The standard InChI is InChI=1S/C17H21NO2/c1-4-20-17-8-6-5-7-15(17)13(3)18-16-10-9-14(19)11-12(16)2/h5-11,13,18-19H,4H2,1-3H3. The Morgan fingerprint density at radius 2 is 1.95 bits per heavy atom. The molecule has 2 aromatic carbocycles. The van der Waals surface area contributed by atoms with Gasteiger partial charge in [-0.3, -0.25) is 0 Å². The molecule has 0 aromatic heterocycles. The minimum Gasteiger partial charge on any atom is -0.508 e. The van der Waals surface area contributed by atoms with Crippen LogP contribution in [-0.4, -0.2) is 11.7 Å². The van der Waals surface area contributed by atoms with Crippen LogP contribution in [0.15, 0.2) is 42.5 Å². The number of anilines is 1. The van der Waals surface area contributed by atoms with Gasteiger partial charge in [0.05, 0.1) is 12.6 Å². The number of benzene rings is 2. The quantitative estimate of drug-likeness (QED) is 0.798. The highest BCUT2D eigenvalue weighted by atomic mass is 16.5. The van der Waals surface area contributed by atoms with Gasteiger partial charge in [0.1, 0.15) is 11.5 Å². The third-order valence-corrected chi connectivity index (χ3v) is 3.27. The number of phenols is 1. The molecule has 0 aliphatic heterocycles. The summed E-state index contributed by atoms with van der Waals surface area (Å²) in [6.07, 6.45) is 0. The van der Waals surface area contributed by atoms with Gasteiger partial charge in [0.2, 0.25) is 0 Å². The van der Waals surface area contributed by atoms with Crippen molar-refractivity contribution in [3.63, 3.8) is 0 Å². The Balaban J connectivity index is 2.21. The number of ether oxygens (including phenoxy) is 1. The first-order chi connectivity index (χ1) is 9.61. The van der Waals surface area contributed by atoms with Crippen LogP contribution in [0.1, 0.15) is 31.0 Å². The summed E-state index contributed by atoms with van der Waals surface area (Å²) in [4.78, 5) is 0. The molecule has 2 rings (SSSR count). The number of hydrogen-bond donors (Lipinski definition) is 2. The molecule has 3 nitrogen and oxygen atoms in total. The predicted octanol–water partition coefficient (Wildman–Crippen LogP) is 4.27. The Labute approximate surface area is 120 Å². The molecular formula is C17H21NO2. The third kappa shape index (κ3) is 3.23. The first kappa shape index (κ1) is 14.3. The normalized spacial score (nSPS) is 11.9. The van der Waals surface area contributed by atoms with Crippen LogP contribution in [0, 0.1) is 6.92 Å². The number of aryl methyl sites for hydroxylation is 1. The smallest absolute Gasteiger partial charge is 0.124 e. The molecule has 3 heteroatoms. The van der Waals surface area contributed by atoms with Crippen molar-refractivity contribution in [2.45, 2.75) is 26.8 Å². The Morgan fingerprint density at radius 1 is 1.20 bits per heavy atom. The molecule has 0 saturated heterocycles. The maximum absolute atomic E-state index is 9.45. The van der Waals surface area contributed by atoms with E-state index in [1.54, 1.807) is 12.1 Å².